The summed E-state index contributed by atoms with van der Waals surface area (Å²) >= 11 is 0. The summed E-state index contributed by atoms with van der Waals surface area (Å²) < 4.78 is 13.3. The molecule has 0 atom stereocenters. The highest BCUT2D eigenvalue weighted by atomic mass is 19.1. The second-order valence-corrected chi connectivity index (χ2v) is 7.34. The van der Waals surface area contributed by atoms with Gasteiger partial charge >= 0.3 is 0 Å². The highest BCUT2D eigenvalue weighted by molar-refractivity contribution is 5.78. The Labute approximate surface area is 161 Å². The van der Waals surface area contributed by atoms with Crippen molar-refractivity contribution in [3.05, 3.63) is 64.5 Å². The molecule has 0 saturated carbocycles. The maximum absolute atomic E-state index is 13.3. The van der Waals surface area contributed by atoms with Crippen molar-refractivity contribution in [2.75, 3.05) is 37.6 Å². The molecule has 0 unspecified atom stereocenters. The quantitative estimate of drug-likeness (QED) is 0.879. The summed E-state index contributed by atoms with van der Waals surface area (Å²) in [6, 6.07) is 11.4. The first-order chi connectivity index (χ1) is 12.9. The Kier molecular flexibility index (Phi) is 6.11. The molecule has 0 aliphatic carbocycles. The number of aryl methyl sites for hydroxylation is 2. The average molecular weight is 369 g/mol. The maximum Gasteiger partial charge on any atom is 0.234 e. The van der Waals surface area contributed by atoms with Crippen molar-refractivity contribution in [2.45, 2.75) is 27.3 Å². The Morgan fingerprint density at radius 2 is 1.78 bits per heavy atom. The van der Waals surface area contributed by atoms with Crippen molar-refractivity contribution < 1.29 is 9.18 Å². The summed E-state index contributed by atoms with van der Waals surface area (Å²) in [5.41, 5.74) is 5.46. The zero-order chi connectivity index (χ0) is 19.4. The molecular formula is C22H28FN3O. The third-order valence-electron chi connectivity index (χ3n) is 5.37. The van der Waals surface area contributed by atoms with Crippen molar-refractivity contribution in [3.63, 3.8) is 0 Å². The lowest BCUT2D eigenvalue weighted by atomic mass is 10.1. The van der Waals surface area contributed by atoms with E-state index >= 15 is 0 Å². The number of hydrogen-bond acceptors (Lipinski definition) is 3. The van der Waals surface area contributed by atoms with E-state index < -0.39 is 0 Å². The Balaban J connectivity index is 1.46. The summed E-state index contributed by atoms with van der Waals surface area (Å²) in [7, 11) is 0. The van der Waals surface area contributed by atoms with Crippen LogP contribution in [-0.4, -0.2) is 43.5 Å². The van der Waals surface area contributed by atoms with Gasteiger partial charge < -0.3 is 10.2 Å². The molecule has 1 saturated heterocycles. The number of carbonyl (C=O) groups is 1. The molecule has 1 N–H and O–H groups in total. The molecule has 1 aliphatic rings. The van der Waals surface area contributed by atoms with Gasteiger partial charge in [0.1, 0.15) is 5.82 Å². The fourth-order valence-corrected chi connectivity index (χ4v) is 3.50. The summed E-state index contributed by atoms with van der Waals surface area (Å²) in [5, 5.41) is 2.94. The number of piperazine rings is 1. The van der Waals surface area contributed by atoms with Crippen LogP contribution < -0.4 is 10.2 Å². The number of nitrogens with zero attached hydrogens (tertiary/aromatic N) is 2. The minimum atomic E-state index is -0.216. The number of hydrogen-bond donors (Lipinski definition) is 1. The first-order valence-electron chi connectivity index (χ1n) is 9.49. The van der Waals surface area contributed by atoms with Crippen molar-refractivity contribution in [2.24, 2.45) is 0 Å². The normalized spacial score (nSPS) is 15.0. The lowest BCUT2D eigenvalue weighted by Gasteiger charge is -2.36. The Hall–Kier alpha value is -2.40. The van der Waals surface area contributed by atoms with Gasteiger partial charge in [0.15, 0.2) is 0 Å². The van der Waals surface area contributed by atoms with Gasteiger partial charge in [-0.25, -0.2) is 4.39 Å². The Morgan fingerprint density at radius 3 is 2.48 bits per heavy atom. The fourth-order valence-electron chi connectivity index (χ4n) is 3.50. The minimum absolute atomic E-state index is 0.0113. The molecule has 1 fully saturated rings. The molecule has 4 nitrogen and oxygen atoms in total. The fraction of sp³-hybridized carbons (Fsp3) is 0.409. The molecule has 0 radical (unpaired) electrons. The predicted octanol–water partition coefficient (Wildman–Crippen LogP) is 3.19. The second-order valence-electron chi connectivity index (χ2n) is 7.34. The first-order valence-corrected chi connectivity index (χ1v) is 9.49. The van der Waals surface area contributed by atoms with Gasteiger partial charge in [0.05, 0.1) is 6.54 Å². The monoisotopic (exact) mass is 369 g/mol. The Bertz CT molecular complexity index is 813. The highest BCUT2D eigenvalue weighted by Crippen LogP contribution is 2.23. The molecule has 144 valence electrons. The van der Waals surface area contributed by atoms with E-state index in [4.69, 9.17) is 0 Å². The molecule has 5 heteroatoms. The lowest BCUT2D eigenvalue weighted by Crippen LogP contribution is -2.49. The highest BCUT2D eigenvalue weighted by Gasteiger charge is 2.20. The molecule has 1 amide bonds. The van der Waals surface area contributed by atoms with E-state index in [1.807, 2.05) is 0 Å². The van der Waals surface area contributed by atoms with E-state index in [1.165, 1.54) is 22.9 Å². The van der Waals surface area contributed by atoms with Crippen LogP contribution in [0.5, 0.6) is 0 Å². The van der Waals surface area contributed by atoms with E-state index in [9.17, 15) is 9.18 Å². The van der Waals surface area contributed by atoms with Crippen LogP contribution in [0, 0.1) is 26.6 Å². The van der Waals surface area contributed by atoms with Gasteiger partial charge in [-0.15, -0.1) is 0 Å². The minimum Gasteiger partial charge on any atom is -0.369 e. The molecule has 0 bridgehead atoms. The molecule has 27 heavy (non-hydrogen) atoms. The molecule has 0 aromatic heterocycles. The van der Waals surface area contributed by atoms with Gasteiger partial charge in [0, 0.05) is 38.4 Å². The van der Waals surface area contributed by atoms with Crippen LogP contribution in [0.15, 0.2) is 36.4 Å². The van der Waals surface area contributed by atoms with Gasteiger partial charge in [0.25, 0.3) is 0 Å². The summed E-state index contributed by atoms with van der Waals surface area (Å²) in [5.74, 6) is -0.205. The number of amides is 1. The lowest BCUT2D eigenvalue weighted by molar-refractivity contribution is -0.122. The van der Waals surface area contributed by atoms with E-state index in [-0.39, 0.29) is 11.7 Å². The van der Waals surface area contributed by atoms with Crippen LogP contribution in [0.1, 0.15) is 22.3 Å². The third-order valence-corrected chi connectivity index (χ3v) is 5.37. The van der Waals surface area contributed by atoms with Crippen molar-refractivity contribution in [1.29, 1.82) is 0 Å². The predicted molar refractivity (Wildman–Crippen MR) is 108 cm³/mol. The topological polar surface area (TPSA) is 35.6 Å². The number of rotatable bonds is 5. The number of nitrogens with one attached hydrogen (secondary N) is 1. The number of benzene rings is 2. The van der Waals surface area contributed by atoms with Crippen LogP contribution in [0.3, 0.4) is 0 Å². The van der Waals surface area contributed by atoms with Gasteiger partial charge in [-0.3, -0.25) is 9.69 Å². The summed E-state index contributed by atoms with van der Waals surface area (Å²) in [4.78, 5) is 16.8. The van der Waals surface area contributed by atoms with Crippen LogP contribution in [0.25, 0.3) is 0 Å². The van der Waals surface area contributed by atoms with Crippen molar-refractivity contribution in [1.82, 2.24) is 10.2 Å². The zero-order valence-corrected chi connectivity index (χ0v) is 16.4. The second kappa shape index (κ2) is 8.53. The van der Waals surface area contributed by atoms with Gasteiger partial charge in [-0.2, -0.15) is 0 Å². The van der Waals surface area contributed by atoms with Crippen LogP contribution >= 0.6 is 0 Å². The standard InChI is InChI=1S/C22H28FN3O/c1-16-5-4-6-21(18(16)3)26-11-9-25(10-12-26)15-22(27)24-14-19-7-8-20(23)17(2)13-19/h4-8,13H,9-12,14-15H2,1-3H3,(H,24,27). The zero-order valence-electron chi connectivity index (χ0n) is 16.4. The number of carbonyl (C=O) groups excluding carboxylic acids is 1. The van der Waals surface area contributed by atoms with E-state index in [0.29, 0.717) is 18.7 Å². The molecule has 2 aromatic carbocycles. The van der Waals surface area contributed by atoms with Crippen molar-refractivity contribution >= 4 is 11.6 Å². The van der Waals surface area contributed by atoms with Gasteiger partial charge in [-0.05, 0) is 55.2 Å². The van der Waals surface area contributed by atoms with E-state index in [2.05, 4.69) is 47.2 Å². The molecular weight excluding hydrogens is 341 g/mol. The van der Waals surface area contributed by atoms with E-state index in [0.717, 1.165) is 31.7 Å². The smallest absolute Gasteiger partial charge is 0.234 e. The molecule has 0 spiro atoms. The summed E-state index contributed by atoms with van der Waals surface area (Å²) in [6.45, 7) is 10.5. The van der Waals surface area contributed by atoms with E-state index in [1.54, 1.807) is 19.1 Å². The first kappa shape index (κ1) is 19.4. The van der Waals surface area contributed by atoms with Crippen molar-refractivity contribution in [3.8, 4) is 0 Å². The molecule has 1 heterocycles. The maximum atomic E-state index is 13.3. The molecule has 2 aromatic rings. The molecule has 3 rings (SSSR count). The summed E-state index contributed by atoms with van der Waals surface area (Å²) in [6.07, 6.45) is 0. The van der Waals surface area contributed by atoms with Crippen LogP contribution in [-0.2, 0) is 11.3 Å². The number of halogens is 1. The largest absolute Gasteiger partial charge is 0.369 e. The van der Waals surface area contributed by atoms with Crippen LogP contribution in [0.4, 0.5) is 10.1 Å². The molecule has 1 aliphatic heterocycles. The van der Waals surface area contributed by atoms with Gasteiger partial charge in [-0.1, -0.05) is 24.3 Å². The third kappa shape index (κ3) is 4.86. The number of anilines is 1. The average Bonchev–Trinajstić information content (AvgIpc) is 2.66. The SMILES string of the molecule is Cc1cc(CNC(=O)CN2CCN(c3cccc(C)c3C)CC2)ccc1F. The van der Waals surface area contributed by atoms with Crippen LogP contribution in [0.2, 0.25) is 0 Å². The van der Waals surface area contributed by atoms with Gasteiger partial charge in [0.2, 0.25) is 5.91 Å². The Morgan fingerprint density at radius 1 is 1.04 bits per heavy atom.